The molecule has 4 amide bonds. The standard InChI is InChI=1S/C25H26N6O3S.C24H26N6O2S.C20H23N5S.C18H20N6O2S2/c1-15(32)12-17-4-3-5-19(13-17)27-25-26-14-18-6-7-20-22(21(18)29-25)35-23(28-20)24(34)31-10-8-30(9-11-31)16(2)33;1-14-10-15(2)12-18(11-14)26-24-25-13-17-4-5-19-21(20(17)28-24)33-22(27-19)23(32)30-8-6-29(7-9-30)16(3)31;1-12-7-13(2)9-15(8-12)22-20-21-10-14-5-6-16-19(18(14)24-20)26-17(23-16)11-25(3)4;1-24(2)10-15-22-14-7-6-11-9-20-18(23-16(11)17(14)27-15)21-12-4-3-5-13(8-12)28(19,25)26/h3-5,13-14H,6-12H2,1-2H3,(H,26,27,29);10-13H,4-9H2,1-3H3,(H,25,26,28);7-10H,5-6,11H2,1-4H3,(H,21,22,24);3-5,8-9H,6-7,10H2,1-2H3,(H2,19,25,26)(H,20,21,23). The van der Waals surface area contributed by atoms with Crippen LogP contribution in [0.4, 0.5) is 46.5 Å². The average Bonchev–Trinajstić information content (AvgIpc) is 1.63. The molecule has 6 N–H and O–H groups in total. The molecule has 0 radical (unpaired) electrons. The Kier molecular flexibility index (Phi) is 25.8. The number of ketones is 1. The summed E-state index contributed by atoms with van der Waals surface area (Å²) in [6.07, 6.45) is 14.6. The number of nitrogens with zero attached hydrogens (tertiary/aromatic N) is 18. The Hall–Kier alpha value is -11.7. The molecule has 2 saturated heterocycles. The lowest BCUT2D eigenvalue weighted by Gasteiger charge is -2.33. The molecule has 0 atom stereocenters. The van der Waals surface area contributed by atoms with E-state index in [-0.39, 0.29) is 34.3 Å². The van der Waals surface area contributed by atoms with Crippen molar-refractivity contribution in [2.24, 2.45) is 5.14 Å². The van der Waals surface area contributed by atoms with Crippen molar-refractivity contribution < 1.29 is 32.4 Å². The van der Waals surface area contributed by atoms with E-state index in [1.54, 1.807) is 75.2 Å². The molecular weight excluding hydrogens is 1640 g/mol. The van der Waals surface area contributed by atoms with E-state index in [2.05, 4.69) is 144 Å². The highest BCUT2D eigenvalue weighted by Gasteiger charge is 2.34. The molecule has 30 nitrogen and oxygen atoms in total. The number of nitrogens with two attached hydrogens (primary N) is 1. The SMILES string of the molecule is CC(=O)Cc1cccc(Nc2ncc3c(n2)-c2sc(C(=O)N4CCN(C(C)=O)CC4)nc2CC3)c1.CC(=O)N1CCN(C(=O)c2nc3c(s2)-c2nc(Nc4cc(C)cc(C)c4)ncc2CC3)CC1.CN(C)Cc1nc2c(s1)-c1nc(Nc3cccc(S(N)(=O)=O)c3)ncc1CC2.Cc1cc(C)cc(Nc2ncc3c(n2)-c2sc(CN(C)C)nc2CC3)c1. The number of fused-ring (bicyclic) bond motifs is 12. The van der Waals surface area contributed by atoms with Gasteiger partial charge in [0.1, 0.15) is 15.8 Å². The number of carbonyl (C=O) groups excluding carboxylic acids is 5. The van der Waals surface area contributed by atoms with Gasteiger partial charge in [0.05, 0.1) is 70.0 Å². The van der Waals surface area contributed by atoms with Crippen molar-refractivity contribution in [3.05, 3.63) is 203 Å². The van der Waals surface area contributed by atoms with Gasteiger partial charge in [-0.25, -0.2) is 73.4 Å². The van der Waals surface area contributed by atoms with E-state index in [1.165, 1.54) is 73.2 Å². The summed E-state index contributed by atoms with van der Waals surface area (Å²) in [5, 5.41) is 21.4. The van der Waals surface area contributed by atoms with E-state index in [1.807, 2.05) is 63.1 Å². The lowest BCUT2D eigenvalue weighted by molar-refractivity contribution is -0.131. The Morgan fingerprint density at radius 1 is 0.402 bits per heavy atom. The maximum Gasteiger partial charge on any atom is 0.282 e. The van der Waals surface area contributed by atoms with E-state index in [9.17, 15) is 32.4 Å². The normalized spacial score (nSPS) is 14.1. The number of amides is 4. The molecule has 2 fully saturated rings. The smallest absolute Gasteiger partial charge is 0.282 e. The third-order valence-corrected chi connectivity index (χ3v) is 26.3. The summed E-state index contributed by atoms with van der Waals surface area (Å²) in [7, 11) is 4.42. The molecule has 35 heteroatoms. The van der Waals surface area contributed by atoms with Gasteiger partial charge >= 0.3 is 0 Å². The number of anilines is 8. The molecule has 0 bridgehead atoms. The molecule has 2 aliphatic heterocycles. The number of nitrogens with one attached hydrogen (secondary N) is 4. The number of rotatable bonds is 17. The van der Waals surface area contributed by atoms with Gasteiger partial charge < -0.3 is 50.7 Å². The molecule has 0 unspecified atom stereocenters. The van der Waals surface area contributed by atoms with Crippen molar-refractivity contribution in [1.82, 2.24) is 89.2 Å². The summed E-state index contributed by atoms with van der Waals surface area (Å²) >= 11 is 6.19. The average molecular weight is 1740 g/mol. The van der Waals surface area contributed by atoms with Crippen LogP contribution < -0.4 is 26.4 Å². The Bertz CT molecular complexity index is 6080. The molecule has 630 valence electrons. The van der Waals surface area contributed by atoms with Gasteiger partial charge in [-0.3, -0.25) is 24.0 Å². The van der Waals surface area contributed by atoms with Crippen LogP contribution in [0.2, 0.25) is 0 Å². The van der Waals surface area contributed by atoms with Gasteiger partial charge in [0.25, 0.3) is 11.8 Å². The fourth-order valence-electron chi connectivity index (χ4n) is 15.3. The minimum Gasteiger partial charge on any atom is -0.339 e. The molecule has 0 saturated carbocycles. The first kappa shape index (κ1) is 85.3. The Morgan fingerprint density at radius 2 is 0.730 bits per heavy atom. The zero-order chi connectivity index (χ0) is 85.8. The number of hydrogen-bond acceptors (Lipinski definition) is 29. The molecule has 0 spiro atoms. The lowest BCUT2D eigenvalue weighted by atomic mass is 10.00. The second-order valence-corrected chi connectivity index (χ2v) is 37.3. The zero-order valence-corrected chi connectivity index (χ0v) is 73.9. The minimum absolute atomic E-state index is 0.0353. The fourth-order valence-corrected chi connectivity index (χ4v) is 20.6. The summed E-state index contributed by atoms with van der Waals surface area (Å²) in [6, 6.07) is 26.6. The van der Waals surface area contributed by atoms with Crippen LogP contribution in [0, 0.1) is 27.7 Å². The summed E-state index contributed by atoms with van der Waals surface area (Å²) < 4.78 is 23.1. The van der Waals surface area contributed by atoms with Gasteiger partial charge in [-0.15, -0.1) is 45.3 Å². The topological polar surface area (TPSA) is 368 Å². The molecule has 10 heterocycles. The maximum atomic E-state index is 13.1. The van der Waals surface area contributed by atoms with Crippen LogP contribution in [0.25, 0.3) is 42.3 Å². The largest absolute Gasteiger partial charge is 0.339 e. The Balaban J connectivity index is 0.000000127. The van der Waals surface area contributed by atoms with Gasteiger partial charge in [0.2, 0.25) is 45.6 Å². The number of carbonyl (C=O) groups is 5. The van der Waals surface area contributed by atoms with Crippen LogP contribution in [0.1, 0.15) is 123 Å². The molecule has 8 aromatic heterocycles. The van der Waals surface area contributed by atoms with Crippen molar-refractivity contribution in [3.63, 3.8) is 0 Å². The summed E-state index contributed by atoms with van der Waals surface area (Å²) in [5.41, 5.74) is 21.1. The highest BCUT2D eigenvalue weighted by molar-refractivity contribution is 7.89. The van der Waals surface area contributed by atoms with Crippen LogP contribution in [0.15, 0.2) is 115 Å². The Morgan fingerprint density at radius 3 is 1.07 bits per heavy atom. The summed E-state index contributed by atoms with van der Waals surface area (Å²) in [4.78, 5) is 132. The molecule has 4 aliphatic carbocycles. The van der Waals surface area contributed by atoms with E-state index >= 15 is 0 Å². The zero-order valence-electron chi connectivity index (χ0n) is 69.9. The van der Waals surface area contributed by atoms with E-state index in [0.29, 0.717) is 98.3 Å². The number of Topliss-reactive ketones (excluding diaryl/α,β-unsaturated/α-hetero) is 1. The highest BCUT2D eigenvalue weighted by Crippen LogP contribution is 2.42. The molecular formula is C87H95N23O7S5. The van der Waals surface area contributed by atoms with Crippen LogP contribution in [-0.4, -0.2) is 208 Å². The predicted molar refractivity (Wildman–Crippen MR) is 477 cm³/mol. The molecule has 18 rings (SSSR count). The highest BCUT2D eigenvalue weighted by atomic mass is 32.2. The number of benzene rings is 4. The van der Waals surface area contributed by atoms with Crippen molar-refractivity contribution in [3.8, 4) is 42.3 Å². The fraction of sp³-hybridized carbons (Fsp3) is 0.345. The van der Waals surface area contributed by atoms with Gasteiger partial charge in [-0.2, -0.15) is 0 Å². The maximum absolute atomic E-state index is 13.1. The van der Waals surface area contributed by atoms with Crippen LogP contribution in [0.3, 0.4) is 0 Å². The third-order valence-electron chi connectivity index (χ3n) is 21.0. The molecule has 12 aromatic rings. The molecule has 4 aromatic carbocycles. The van der Waals surface area contributed by atoms with E-state index < -0.39 is 10.0 Å². The number of piperazine rings is 2. The van der Waals surface area contributed by atoms with Gasteiger partial charge in [0, 0.05) is 133 Å². The first-order valence-electron chi connectivity index (χ1n) is 40.3. The van der Waals surface area contributed by atoms with Crippen molar-refractivity contribution in [1.29, 1.82) is 0 Å². The summed E-state index contributed by atoms with van der Waals surface area (Å²) in [6.45, 7) is 19.0. The van der Waals surface area contributed by atoms with Crippen molar-refractivity contribution >= 4 is 131 Å². The second kappa shape index (κ2) is 36.9. The third kappa shape index (κ3) is 20.6. The molecule has 6 aliphatic rings. The number of thiazole rings is 4. The first-order valence-corrected chi connectivity index (χ1v) is 45.1. The second-order valence-electron chi connectivity index (χ2n) is 31.6. The van der Waals surface area contributed by atoms with Crippen molar-refractivity contribution in [2.75, 3.05) is 102 Å². The van der Waals surface area contributed by atoms with Crippen LogP contribution in [-0.2, 0) is 95.3 Å². The van der Waals surface area contributed by atoms with Gasteiger partial charge in [0.15, 0.2) is 10.0 Å². The van der Waals surface area contributed by atoms with Crippen LogP contribution >= 0.6 is 45.3 Å². The number of sulfonamides is 1. The Labute approximate surface area is 724 Å². The van der Waals surface area contributed by atoms with E-state index in [4.69, 9.17) is 30.1 Å². The molecule has 122 heavy (non-hydrogen) atoms. The van der Waals surface area contributed by atoms with Gasteiger partial charge in [-0.1, -0.05) is 30.3 Å². The minimum atomic E-state index is -3.77. The summed E-state index contributed by atoms with van der Waals surface area (Å²) in [5.74, 6) is 2.07. The van der Waals surface area contributed by atoms with Crippen molar-refractivity contribution in [2.45, 2.75) is 124 Å². The predicted octanol–water partition coefficient (Wildman–Crippen LogP) is 12.5. The van der Waals surface area contributed by atoms with Gasteiger partial charge in [-0.05, 0) is 219 Å². The quantitative estimate of drug-likeness (QED) is 0.0565. The van der Waals surface area contributed by atoms with E-state index in [0.717, 1.165) is 168 Å². The van der Waals surface area contributed by atoms with Crippen LogP contribution in [0.5, 0.6) is 0 Å². The first-order chi connectivity index (χ1) is 58.5. The number of primary sulfonamides is 1. The number of aryl methyl sites for hydroxylation is 12. The number of aromatic nitrogens is 12. The lowest BCUT2D eigenvalue weighted by Crippen LogP contribution is -2.50. The monoisotopic (exact) mass is 1730 g/mol. The number of hydrogen-bond donors (Lipinski definition) is 5.